The molecule has 120 valence electrons. The number of rotatable bonds is 3. The van der Waals surface area contributed by atoms with Crippen molar-refractivity contribution < 1.29 is 9.53 Å². The number of aromatic nitrogens is 2. The smallest absolute Gasteiger partial charge is 0.298 e. The van der Waals surface area contributed by atoms with Crippen molar-refractivity contribution in [3.05, 3.63) is 35.7 Å². The number of aryl methyl sites for hydroxylation is 1. The van der Waals surface area contributed by atoms with Gasteiger partial charge >= 0.3 is 0 Å². The monoisotopic (exact) mass is 312 g/mol. The number of benzene rings is 1. The SMILES string of the molecule is CCc1ccc2c(c1)OCCn1cc(C(=O)N=CN(C)C)nc1-2. The van der Waals surface area contributed by atoms with Gasteiger partial charge in [-0.1, -0.05) is 13.0 Å². The number of ether oxygens (including phenoxy) is 1. The Morgan fingerprint density at radius 2 is 2.30 bits per heavy atom. The van der Waals surface area contributed by atoms with Crippen LogP contribution >= 0.6 is 0 Å². The summed E-state index contributed by atoms with van der Waals surface area (Å²) in [6.45, 7) is 3.32. The van der Waals surface area contributed by atoms with E-state index in [-0.39, 0.29) is 5.91 Å². The largest absolute Gasteiger partial charge is 0.491 e. The number of amides is 1. The summed E-state index contributed by atoms with van der Waals surface area (Å²) in [5.41, 5.74) is 2.48. The summed E-state index contributed by atoms with van der Waals surface area (Å²) in [7, 11) is 3.64. The van der Waals surface area contributed by atoms with Gasteiger partial charge < -0.3 is 14.2 Å². The number of hydrogen-bond acceptors (Lipinski definition) is 3. The Morgan fingerprint density at radius 3 is 3.04 bits per heavy atom. The van der Waals surface area contributed by atoms with Crippen LogP contribution in [-0.2, 0) is 13.0 Å². The Hall–Kier alpha value is -2.63. The first-order chi connectivity index (χ1) is 11.1. The zero-order chi connectivity index (χ0) is 16.4. The van der Waals surface area contributed by atoms with E-state index in [1.807, 2.05) is 30.8 Å². The van der Waals surface area contributed by atoms with Crippen LogP contribution in [0.4, 0.5) is 0 Å². The normalized spacial score (nSPS) is 13.2. The highest BCUT2D eigenvalue weighted by atomic mass is 16.5. The Labute approximate surface area is 135 Å². The average Bonchev–Trinajstić information content (AvgIpc) is 2.89. The Morgan fingerprint density at radius 1 is 1.48 bits per heavy atom. The van der Waals surface area contributed by atoms with E-state index in [2.05, 4.69) is 23.0 Å². The highest BCUT2D eigenvalue weighted by Crippen LogP contribution is 2.33. The Balaban J connectivity index is 1.99. The molecule has 0 atom stereocenters. The molecule has 6 heteroatoms. The van der Waals surface area contributed by atoms with E-state index in [1.165, 1.54) is 11.9 Å². The maximum atomic E-state index is 12.1. The zero-order valence-electron chi connectivity index (χ0n) is 13.6. The van der Waals surface area contributed by atoms with Gasteiger partial charge in [0.2, 0.25) is 0 Å². The van der Waals surface area contributed by atoms with Gasteiger partial charge in [0.15, 0.2) is 0 Å². The zero-order valence-corrected chi connectivity index (χ0v) is 13.6. The fourth-order valence-electron chi connectivity index (χ4n) is 2.48. The first-order valence-corrected chi connectivity index (χ1v) is 7.66. The second-order valence-corrected chi connectivity index (χ2v) is 5.69. The third-order valence-corrected chi connectivity index (χ3v) is 3.69. The molecule has 0 spiro atoms. The number of carbonyl (C=O) groups is 1. The lowest BCUT2D eigenvalue weighted by molar-refractivity contribution is 0.0998. The van der Waals surface area contributed by atoms with Gasteiger partial charge in [-0.3, -0.25) is 4.79 Å². The molecule has 0 saturated carbocycles. The molecule has 0 N–H and O–H groups in total. The topological polar surface area (TPSA) is 59.7 Å². The standard InChI is InChI=1S/C17H20N4O2/c1-4-12-5-6-13-15(9-12)23-8-7-21-10-14(19-16(13)21)17(22)18-11-20(2)3/h5-6,9-11H,4,7-8H2,1-3H3. The van der Waals surface area contributed by atoms with Gasteiger partial charge in [-0.05, 0) is 24.1 Å². The number of imidazole rings is 1. The molecule has 1 amide bonds. The molecule has 1 aromatic carbocycles. The van der Waals surface area contributed by atoms with Crippen molar-refractivity contribution in [2.45, 2.75) is 19.9 Å². The second kappa shape index (κ2) is 6.24. The van der Waals surface area contributed by atoms with Crippen molar-refractivity contribution in [3.63, 3.8) is 0 Å². The van der Waals surface area contributed by atoms with Crippen LogP contribution in [-0.4, -0.2) is 47.4 Å². The predicted octanol–water partition coefficient (Wildman–Crippen LogP) is 2.24. The van der Waals surface area contributed by atoms with E-state index in [1.54, 1.807) is 11.1 Å². The molecule has 0 fully saturated rings. The van der Waals surface area contributed by atoms with Gasteiger partial charge in [0.1, 0.15) is 23.9 Å². The van der Waals surface area contributed by atoms with E-state index in [0.717, 1.165) is 23.6 Å². The van der Waals surface area contributed by atoms with Gasteiger partial charge in [0.25, 0.3) is 5.91 Å². The van der Waals surface area contributed by atoms with E-state index in [4.69, 9.17) is 4.74 Å². The Kier molecular flexibility index (Phi) is 4.14. The maximum Gasteiger partial charge on any atom is 0.298 e. The first-order valence-electron chi connectivity index (χ1n) is 7.66. The van der Waals surface area contributed by atoms with Crippen LogP contribution in [0.5, 0.6) is 5.75 Å². The second-order valence-electron chi connectivity index (χ2n) is 5.69. The molecule has 1 aliphatic rings. The van der Waals surface area contributed by atoms with Gasteiger partial charge in [-0.25, -0.2) is 4.98 Å². The third-order valence-electron chi connectivity index (χ3n) is 3.69. The highest BCUT2D eigenvalue weighted by molar-refractivity contribution is 5.97. The minimum Gasteiger partial charge on any atom is -0.491 e. The fourth-order valence-corrected chi connectivity index (χ4v) is 2.48. The summed E-state index contributed by atoms with van der Waals surface area (Å²) in [5.74, 6) is 1.24. The molecule has 0 bridgehead atoms. The maximum absolute atomic E-state index is 12.1. The summed E-state index contributed by atoms with van der Waals surface area (Å²) in [6.07, 6.45) is 4.18. The third kappa shape index (κ3) is 3.11. The molecule has 0 aliphatic carbocycles. The lowest BCUT2D eigenvalue weighted by Crippen LogP contribution is -2.10. The van der Waals surface area contributed by atoms with Crippen molar-refractivity contribution in [1.82, 2.24) is 14.5 Å². The lowest BCUT2D eigenvalue weighted by atomic mass is 10.1. The van der Waals surface area contributed by atoms with Gasteiger partial charge in [-0.2, -0.15) is 4.99 Å². The molecule has 3 rings (SSSR count). The van der Waals surface area contributed by atoms with Crippen molar-refractivity contribution in [3.8, 4) is 17.1 Å². The quantitative estimate of drug-likeness (QED) is 0.644. The summed E-state index contributed by atoms with van der Waals surface area (Å²) in [6, 6.07) is 6.12. The number of fused-ring (bicyclic) bond motifs is 3. The lowest BCUT2D eigenvalue weighted by Gasteiger charge is -2.07. The summed E-state index contributed by atoms with van der Waals surface area (Å²) in [4.78, 5) is 22.2. The average molecular weight is 312 g/mol. The molecule has 23 heavy (non-hydrogen) atoms. The molecule has 1 aliphatic heterocycles. The van der Waals surface area contributed by atoms with E-state index < -0.39 is 0 Å². The molecule has 2 heterocycles. The Bertz CT molecular complexity index is 762. The van der Waals surface area contributed by atoms with E-state index in [9.17, 15) is 4.79 Å². The number of aliphatic imine (C=N–C) groups is 1. The van der Waals surface area contributed by atoms with Crippen molar-refractivity contribution in [1.29, 1.82) is 0 Å². The molecule has 0 saturated heterocycles. The van der Waals surface area contributed by atoms with Crippen molar-refractivity contribution in [2.24, 2.45) is 4.99 Å². The van der Waals surface area contributed by atoms with Crippen LogP contribution < -0.4 is 4.74 Å². The van der Waals surface area contributed by atoms with Crippen molar-refractivity contribution in [2.75, 3.05) is 20.7 Å². The number of nitrogens with zero attached hydrogens (tertiary/aromatic N) is 4. The van der Waals surface area contributed by atoms with Crippen LogP contribution in [0.3, 0.4) is 0 Å². The van der Waals surface area contributed by atoms with Gasteiger partial charge in [0.05, 0.1) is 18.4 Å². The van der Waals surface area contributed by atoms with E-state index >= 15 is 0 Å². The molecule has 2 aromatic rings. The predicted molar refractivity (Wildman–Crippen MR) is 89.0 cm³/mol. The van der Waals surface area contributed by atoms with Crippen LogP contribution in [0.2, 0.25) is 0 Å². The first kappa shape index (κ1) is 15.3. The molecule has 6 nitrogen and oxygen atoms in total. The van der Waals surface area contributed by atoms with Crippen LogP contribution in [0.1, 0.15) is 23.0 Å². The minimum absolute atomic E-state index is 0.341. The molecular formula is C17H20N4O2. The summed E-state index contributed by atoms with van der Waals surface area (Å²) in [5, 5.41) is 0. The number of carbonyl (C=O) groups excluding carboxylic acids is 1. The van der Waals surface area contributed by atoms with Gasteiger partial charge in [0, 0.05) is 20.3 Å². The van der Waals surface area contributed by atoms with Gasteiger partial charge in [-0.15, -0.1) is 0 Å². The molecule has 0 radical (unpaired) electrons. The summed E-state index contributed by atoms with van der Waals surface area (Å²) < 4.78 is 7.78. The summed E-state index contributed by atoms with van der Waals surface area (Å²) >= 11 is 0. The molecule has 1 aromatic heterocycles. The minimum atomic E-state index is -0.341. The van der Waals surface area contributed by atoms with E-state index in [0.29, 0.717) is 18.8 Å². The molecule has 0 unspecified atom stereocenters. The fraction of sp³-hybridized carbons (Fsp3) is 0.353. The van der Waals surface area contributed by atoms with Crippen LogP contribution in [0, 0.1) is 0 Å². The van der Waals surface area contributed by atoms with Crippen LogP contribution in [0.15, 0.2) is 29.4 Å². The molecular weight excluding hydrogens is 292 g/mol. The van der Waals surface area contributed by atoms with Crippen LogP contribution in [0.25, 0.3) is 11.4 Å². The number of hydrogen-bond donors (Lipinski definition) is 0. The highest BCUT2D eigenvalue weighted by Gasteiger charge is 2.20. The van der Waals surface area contributed by atoms with Crippen molar-refractivity contribution >= 4 is 12.2 Å².